The van der Waals surface area contributed by atoms with E-state index in [-0.39, 0.29) is 0 Å². The molecule has 0 amide bonds. The van der Waals surface area contributed by atoms with Crippen molar-refractivity contribution < 1.29 is 4.42 Å². The molecule has 62 heavy (non-hydrogen) atoms. The highest BCUT2D eigenvalue weighted by Crippen LogP contribution is 2.42. The Bertz CT molecular complexity index is 3480. The summed E-state index contributed by atoms with van der Waals surface area (Å²) >= 11 is 0. The summed E-state index contributed by atoms with van der Waals surface area (Å²) in [5.41, 5.74) is 14.6. The van der Waals surface area contributed by atoms with Gasteiger partial charge in [0.25, 0.3) is 0 Å². The maximum atomic E-state index is 6.74. The standard InChI is InChI=1S/C57H36N4O/c1-4-12-37(13-5-1)40-20-24-43(25-21-40)55-58-56(44-26-22-41(23-27-44)38-14-6-2-7-15-38)60-57(59-55)45-30-33-49-52(36-45)62-51-35-34-48-47-18-10-11-19-50(47)61(54(48)53(49)51)46-31-28-42(29-32-46)39-16-8-3-9-17-39/h1-36H. The van der Waals surface area contributed by atoms with Gasteiger partial charge in [0, 0.05) is 38.5 Å². The Morgan fingerprint density at radius 3 is 1.27 bits per heavy atom. The lowest BCUT2D eigenvalue weighted by Gasteiger charge is -2.10. The molecule has 0 atom stereocenters. The quantitative estimate of drug-likeness (QED) is 0.161. The summed E-state index contributed by atoms with van der Waals surface area (Å²) in [4.78, 5) is 15.3. The summed E-state index contributed by atoms with van der Waals surface area (Å²) in [5.74, 6) is 1.78. The minimum absolute atomic E-state index is 0.574. The molecule has 12 aromatic rings. The zero-order chi connectivity index (χ0) is 41.0. The van der Waals surface area contributed by atoms with Crippen LogP contribution in [0.1, 0.15) is 0 Å². The predicted molar refractivity (Wildman–Crippen MR) is 254 cm³/mol. The molecule has 5 nitrogen and oxygen atoms in total. The van der Waals surface area contributed by atoms with Crippen molar-refractivity contribution in [3.63, 3.8) is 0 Å². The topological polar surface area (TPSA) is 56.7 Å². The summed E-state index contributed by atoms with van der Waals surface area (Å²) in [6.07, 6.45) is 0. The molecule has 0 spiro atoms. The zero-order valence-electron chi connectivity index (χ0n) is 33.5. The van der Waals surface area contributed by atoms with E-state index in [1.807, 2.05) is 12.1 Å². The van der Waals surface area contributed by atoms with Crippen LogP contribution in [0.15, 0.2) is 223 Å². The van der Waals surface area contributed by atoms with Crippen LogP contribution in [-0.2, 0) is 0 Å². The van der Waals surface area contributed by atoms with Crippen LogP contribution in [-0.4, -0.2) is 19.5 Å². The van der Waals surface area contributed by atoms with Crippen molar-refractivity contribution in [2.45, 2.75) is 0 Å². The number of fused-ring (bicyclic) bond motifs is 7. The number of nitrogens with zero attached hydrogens (tertiary/aromatic N) is 4. The Morgan fingerprint density at radius 1 is 0.306 bits per heavy atom. The molecule has 0 saturated heterocycles. The minimum atomic E-state index is 0.574. The predicted octanol–water partition coefficient (Wildman–Crippen LogP) is 14.9. The lowest BCUT2D eigenvalue weighted by atomic mass is 10.0. The summed E-state index contributed by atoms with van der Waals surface area (Å²) in [6.45, 7) is 0. The molecule has 0 aliphatic rings. The van der Waals surface area contributed by atoms with Gasteiger partial charge in [0.2, 0.25) is 0 Å². The van der Waals surface area contributed by atoms with E-state index >= 15 is 0 Å². The van der Waals surface area contributed by atoms with Gasteiger partial charge in [-0.3, -0.25) is 0 Å². The largest absolute Gasteiger partial charge is 0.456 e. The molecule has 3 heterocycles. The van der Waals surface area contributed by atoms with Gasteiger partial charge in [0.05, 0.1) is 16.4 Å². The van der Waals surface area contributed by atoms with Gasteiger partial charge >= 0.3 is 0 Å². The molecule has 0 aliphatic carbocycles. The smallest absolute Gasteiger partial charge is 0.164 e. The first kappa shape index (κ1) is 35.5. The molecular formula is C57H36N4O. The number of benzene rings is 9. The monoisotopic (exact) mass is 792 g/mol. The van der Waals surface area contributed by atoms with E-state index in [1.54, 1.807) is 0 Å². The highest BCUT2D eigenvalue weighted by molar-refractivity contribution is 6.24. The van der Waals surface area contributed by atoms with Crippen LogP contribution in [0, 0.1) is 0 Å². The number of hydrogen-bond acceptors (Lipinski definition) is 4. The average Bonchev–Trinajstić information content (AvgIpc) is 3.90. The van der Waals surface area contributed by atoms with Gasteiger partial charge < -0.3 is 8.98 Å². The Hall–Kier alpha value is -8.41. The van der Waals surface area contributed by atoms with Crippen LogP contribution >= 0.6 is 0 Å². The maximum absolute atomic E-state index is 6.74. The first-order valence-electron chi connectivity index (χ1n) is 20.8. The van der Waals surface area contributed by atoms with E-state index in [0.717, 1.165) is 77.6 Å². The van der Waals surface area contributed by atoms with E-state index in [9.17, 15) is 0 Å². The fraction of sp³-hybridized carbons (Fsp3) is 0. The van der Waals surface area contributed by atoms with Gasteiger partial charge in [-0.05, 0) is 75.8 Å². The fourth-order valence-electron chi connectivity index (χ4n) is 8.80. The van der Waals surface area contributed by atoms with Crippen LogP contribution in [0.5, 0.6) is 0 Å². The minimum Gasteiger partial charge on any atom is -0.456 e. The van der Waals surface area contributed by atoms with Crippen LogP contribution in [0.25, 0.3) is 117 Å². The first-order valence-corrected chi connectivity index (χ1v) is 20.8. The molecule has 0 aliphatic heterocycles. The van der Waals surface area contributed by atoms with E-state index in [2.05, 4.69) is 211 Å². The van der Waals surface area contributed by atoms with E-state index in [0.29, 0.717) is 17.5 Å². The van der Waals surface area contributed by atoms with Gasteiger partial charge in [-0.1, -0.05) is 176 Å². The van der Waals surface area contributed by atoms with Gasteiger partial charge in [-0.2, -0.15) is 0 Å². The SMILES string of the molecule is c1ccc(-c2ccc(-c3nc(-c4ccc(-c5ccccc5)cc4)nc(-c4ccc5c(c4)oc4ccc6c7ccccc7n(-c7ccc(-c8ccccc8)cc7)c6c45)n3)cc2)cc1. The van der Waals surface area contributed by atoms with Crippen LogP contribution in [0.2, 0.25) is 0 Å². The highest BCUT2D eigenvalue weighted by Gasteiger charge is 2.21. The lowest BCUT2D eigenvalue weighted by Crippen LogP contribution is -2.00. The normalized spacial score (nSPS) is 11.5. The first-order chi connectivity index (χ1) is 30.7. The fourth-order valence-corrected chi connectivity index (χ4v) is 8.80. The number of hydrogen-bond donors (Lipinski definition) is 0. The van der Waals surface area contributed by atoms with E-state index < -0.39 is 0 Å². The van der Waals surface area contributed by atoms with Crippen molar-refractivity contribution in [3.05, 3.63) is 218 Å². The number of furan rings is 1. The molecule has 0 N–H and O–H groups in total. The molecule has 5 heteroatoms. The van der Waals surface area contributed by atoms with Gasteiger partial charge in [0.1, 0.15) is 11.2 Å². The Labute approximate surface area is 357 Å². The molecule has 290 valence electrons. The summed E-state index contributed by atoms with van der Waals surface area (Å²) < 4.78 is 9.12. The van der Waals surface area contributed by atoms with E-state index in [1.165, 1.54) is 21.9 Å². The maximum Gasteiger partial charge on any atom is 0.164 e. The molecule has 0 saturated carbocycles. The second-order valence-electron chi connectivity index (χ2n) is 15.6. The number of aromatic nitrogens is 4. The summed E-state index contributed by atoms with van der Waals surface area (Å²) in [5, 5.41) is 4.47. The third-order valence-corrected chi connectivity index (χ3v) is 11.9. The number of rotatable bonds is 7. The molecule has 9 aromatic carbocycles. The van der Waals surface area contributed by atoms with Crippen LogP contribution in [0.3, 0.4) is 0 Å². The van der Waals surface area contributed by atoms with Crippen molar-refractivity contribution >= 4 is 43.7 Å². The van der Waals surface area contributed by atoms with Crippen molar-refractivity contribution in [1.82, 2.24) is 19.5 Å². The van der Waals surface area contributed by atoms with Gasteiger partial charge in [-0.25, -0.2) is 15.0 Å². The second-order valence-corrected chi connectivity index (χ2v) is 15.6. The van der Waals surface area contributed by atoms with Crippen molar-refractivity contribution in [3.8, 4) is 73.2 Å². The summed E-state index contributed by atoms with van der Waals surface area (Å²) in [6, 6.07) is 76.3. The molecule has 0 fully saturated rings. The highest BCUT2D eigenvalue weighted by atomic mass is 16.3. The zero-order valence-corrected chi connectivity index (χ0v) is 33.5. The van der Waals surface area contributed by atoms with E-state index in [4.69, 9.17) is 19.4 Å². The van der Waals surface area contributed by atoms with Crippen LogP contribution in [0.4, 0.5) is 0 Å². The Morgan fingerprint density at radius 2 is 0.726 bits per heavy atom. The van der Waals surface area contributed by atoms with Gasteiger partial charge in [-0.15, -0.1) is 0 Å². The van der Waals surface area contributed by atoms with Crippen molar-refractivity contribution in [1.29, 1.82) is 0 Å². The van der Waals surface area contributed by atoms with Gasteiger partial charge in [0.15, 0.2) is 17.5 Å². The molecule has 0 radical (unpaired) electrons. The van der Waals surface area contributed by atoms with Crippen molar-refractivity contribution in [2.24, 2.45) is 0 Å². The Balaban J connectivity index is 0.999. The number of para-hydroxylation sites is 1. The van der Waals surface area contributed by atoms with Crippen molar-refractivity contribution in [2.75, 3.05) is 0 Å². The average molecular weight is 793 g/mol. The second kappa shape index (κ2) is 14.7. The molecule has 3 aromatic heterocycles. The molecule has 12 rings (SSSR count). The molecule has 0 bridgehead atoms. The Kier molecular flexibility index (Phi) is 8.42. The lowest BCUT2D eigenvalue weighted by molar-refractivity contribution is 0.669. The molecular weight excluding hydrogens is 757 g/mol. The third-order valence-electron chi connectivity index (χ3n) is 11.9. The summed E-state index contributed by atoms with van der Waals surface area (Å²) in [7, 11) is 0. The molecule has 0 unspecified atom stereocenters. The third kappa shape index (κ3) is 6.14. The van der Waals surface area contributed by atoms with Crippen LogP contribution < -0.4 is 0 Å².